The number of unbranched alkanes of at least 4 members (excludes halogenated alkanes) is 5. The fourth-order valence-electron chi connectivity index (χ4n) is 4.82. The number of hydrogen-bond acceptors (Lipinski definition) is 5. The van der Waals surface area contributed by atoms with Crippen molar-refractivity contribution in [3.05, 3.63) is 64.7 Å². The molecule has 0 spiro atoms. The third-order valence-electron chi connectivity index (χ3n) is 6.88. The van der Waals surface area contributed by atoms with Gasteiger partial charge in [0.25, 0.3) is 0 Å². The Morgan fingerprint density at radius 1 is 0.619 bits per heavy atom. The van der Waals surface area contributed by atoms with Crippen molar-refractivity contribution in [1.82, 2.24) is 20.4 Å². The first-order valence-electron chi connectivity index (χ1n) is 15.0. The van der Waals surface area contributed by atoms with E-state index >= 15 is 0 Å². The maximum Gasteiger partial charge on any atom is 0.128 e. The predicted molar refractivity (Wildman–Crippen MR) is 193 cm³/mol. The minimum atomic E-state index is 0. The lowest BCUT2D eigenvalue weighted by Gasteiger charge is -2.19. The predicted octanol–water partition coefficient (Wildman–Crippen LogP) is 7.73. The van der Waals surface area contributed by atoms with Gasteiger partial charge in [-0.15, -0.1) is 49.6 Å². The van der Waals surface area contributed by atoms with Crippen molar-refractivity contribution >= 4 is 49.6 Å². The van der Waals surface area contributed by atoms with Crippen molar-refractivity contribution in [2.75, 3.05) is 61.0 Å². The average molecular weight is 671 g/mol. The molecule has 9 heteroatoms. The molecule has 0 bridgehead atoms. The van der Waals surface area contributed by atoms with Crippen molar-refractivity contribution in [2.45, 2.75) is 77.8 Å². The van der Waals surface area contributed by atoms with Crippen molar-refractivity contribution in [3.63, 3.8) is 0 Å². The lowest BCUT2D eigenvalue weighted by Crippen LogP contribution is -2.23. The van der Waals surface area contributed by atoms with Gasteiger partial charge in [0.1, 0.15) is 5.75 Å². The summed E-state index contributed by atoms with van der Waals surface area (Å²) in [5.74, 6) is 1.10. The second-order valence-corrected chi connectivity index (χ2v) is 11.3. The number of aryl methyl sites for hydroxylation is 2. The molecule has 246 valence electrons. The SMILES string of the molecule is Cc1cc(CNCCCN(C)C)c(OCCCCCCCCc2ccccc2)c(CNCCCN(C)C)c1.Cl.Cl.Cl.Cl. The standard InChI is InChI=1S/C33H56N4O.4ClH/c1-29-25-31(27-34-20-15-22-36(2)3)33(32(26-29)28-35-21-16-23-37(4)5)38-24-14-9-7-6-8-11-17-30-18-12-10-13-19-30;;;;/h10,12-13,18-19,25-26,34-35H,6-9,11,14-17,20-24,27-28H2,1-5H3;4*1H. The van der Waals surface area contributed by atoms with Gasteiger partial charge in [-0.2, -0.15) is 0 Å². The molecule has 5 nitrogen and oxygen atoms in total. The highest BCUT2D eigenvalue weighted by Crippen LogP contribution is 2.27. The summed E-state index contributed by atoms with van der Waals surface area (Å²) in [6.45, 7) is 8.99. The van der Waals surface area contributed by atoms with Gasteiger partial charge in [-0.3, -0.25) is 0 Å². The van der Waals surface area contributed by atoms with Crippen LogP contribution >= 0.6 is 49.6 Å². The summed E-state index contributed by atoms with van der Waals surface area (Å²) >= 11 is 0. The van der Waals surface area contributed by atoms with E-state index < -0.39 is 0 Å². The summed E-state index contributed by atoms with van der Waals surface area (Å²) in [6, 6.07) is 15.5. The topological polar surface area (TPSA) is 39.8 Å². The molecule has 0 saturated heterocycles. The fourth-order valence-corrected chi connectivity index (χ4v) is 4.82. The number of benzene rings is 2. The van der Waals surface area contributed by atoms with Crippen LogP contribution in [0.1, 0.15) is 73.6 Å². The zero-order valence-corrected chi connectivity index (χ0v) is 30.1. The second-order valence-electron chi connectivity index (χ2n) is 11.3. The van der Waals surface area contributed by atoms with Gasteiger partial charge in [-0.05, 0) is 99.0 Å². The van der Waals surface area contributed by atoms with Crippen LogP contribution in [0.15, 0.2) is 42.5 Å². The minimum Gasteiger partial charge on any atom is -0.493 e. The first-order chi connectivity index (χ1) is 18.5. The summed E-state index contributed by atoms with van der Waals surface area (Å²) in [6.07, 6.45) is 11.1. The van der Waals surface area contributed by atoms with Crippen LogP contribution in [0.2, 0.25) is 0 Å². The number of ether oxygens (including phenoxy) is 1. The van der Waals surface area contributed by atoms with E-state index in [1.54, 1.807) is 0 Å². The Balaban J connectivity index is -0.00000380. The highest BCUT2D eigenvalue weighted by molar-refractivity contribution is 5.86. The summed E-state index contributed by atoms with van der Waals surface area (Å²) in [5, 5.41) is 7.30. The van der Waals surface area contributed by atoms with Gasteiger partial charge in [0.15, 0.2) is 0 Å². The van der Waals surface area contributed by atoms with Crippen LogP contribution in [0.4, 0.5) is 0 Å². The molecule has 0 aliphatic rings. The van der Waals surface area contributed by atoms with Crippen molar-refractivity contribution in [1.29, 1.82) is 0 Å². The third-order valence-corrected chi connectivity index (χ3v) is 6.88. The van der Waals surface area contributed by atoms with Crippen molar-refractivity contribution < 1.29 is 4.74 Å². The number of hydrogen-bond donors (Lipinski definition) is 2. The fraction of sp³-hybridized carbons (Fsp3) is 0.636. The zero-order chi connectivity index (χ0) is 27.4. The monoisotopic (exact) mass is 668 g/mol. The minimum absolute atomic E-state index is 0. The normalized spacial score (nSPS) is 10.5. The zero-order valence-electron chi connectivity index (χ0n) is 26.8. The van der Waals surface area contributed by atoms with Gasteiger partial charge < -0.3 is 25.2 Å². The number of nitrogens with zero attached hydrogens (tertiary/aromatic N) is 2. The van der Waals surface area contributed by atoms with E-state index in [2.05, 4.69) is 98.0 Å². The molecule has 0 heterocycles. The molecule has 42 heavy (non-hydrogen) atoms. The lowest BCUT2D eigenvalue weighted by molar-refractivity contribution is 0.296. The quantitative estimate of drug-likeness (QED) is 0.126. The van der Waals surface area contributed by atoms with Crippen LogP contribution in [0.25, 0.3) is 0 Å². The van der Waals surface area contributed by atoms with Gasteiger partial charge in [0, 0.05) is 24.2 Å². The molecule has 2 N–H and O–H groups in total. The van der Waals surface area contributed by atoms with Crippen LogP contribution in [-0.2, 0) is 19.5 Å². The van der Waals surface area contributed by atoms with Gasteiger partial charge >= 0.3 is 0 Å². The Labute approximate surface area is 282 Å². The van der Waals surface area contributed by atoms with E-state index in [9.17, 15) is 0 Å². The summed E-state index contributed by atoms with van der Waals surface area (Å²) in [7, 11) is 8.54. The molecule has 0 amide bonds. The number of halogens is 4. The van der Waals surface area contributed by atoms with E-state index in [1.165, 1.54) is 60.8 Å². The molecule has 0 radical (unpaired) electrons. The molecule has 2 rings (SSSR count). The Kier molecular flexibility index (Phi) is 31.5. The van der Waals surface area contributed by atoms with E-state index in [1.807, 2.05) is 0 Å². The average Bonchev–Trinajstić information content (AvgIpc) is 2.88. The summed E-state index contributed by atoms with van der Waals surface area (Å²) in [4.78, 5) is 4.48. The molecule has 0 fully saturated rings. The molecule has 0 aliphatic carbocycles. The smallest absolute Gasteiger partial charge is 0.128 e. The maximum absolute atomic E-state index is 6.50. The van der Waals surface area contributed by atoms with Gasteiger partial charge in [0.2, 0.25) is 0 Å². The Bertz CT molecular complexity index is 833. The maximum atomic E-state index is 6.50. The van der Waals surface area contributed by atoms with E-state index in [4.69, 9.17) is 4.74 Å². The Morgan fingerprint density at radius 2 is 1.10 bits per heavy atom. The first-order valence-corrected chi connectivity index (χ1v) is 15.0. The molecular weight excluding hydrogens is 610 g/mol. The Morgan fingerprint density at radius 3 is 1.60 bits per heavy atom. The first kappa shape index (κ1) is 45.7. The van der Waals surface area contributed by atoms with Crippen LogP contribution in [0.3, 0.4) is 0 Å². The molecule has 2 aromatic carbocycles. The van der Waals surface area contributed by atoms with Crippen LogP contribution in [0.5, 0.6) is 5.75 Å². The molecule has 2 aromatic rings. The number of nitrogens with one attached hydrogen (secondary N) is 2. The van der Waals surface area contributed by atoms with Crippen molar-refractivity contribution in [2.24, 2.45) is 0 Å². The molecular formula is C33H60Cl4N4O. The van der Waals surface area contributed by atoms with Crippen molar-refractivity contribution in [3.8, 4) is 5.75 Å². The van der Waals surface area contributed by atoms with E-state index in [0.717, 1.165) is 70.9 Å². The van der Waals surface area contributed by atoms with E-state index in [-0.39, 0.29) is 49.6 Å². The van der Waals surface area contributed by atoms with Crippen LogP contribution in [0, 0.1) is 6.92 Å². The Hall–Kier alpha value is -0.760. The lowest BCUT2D eigenvalue weighted by atomic mass is 10.0. The highest BCUT2D eigenvalue weighted by atomic mass is 35.5. The summed E-state index contributed by atoms with van der Waals surface area (Å²) < 4.78 is 6.50. The largest absolute Gasteiger partial charge is 0.493 e. The second kappa shape index (κ2) is 29.0. The van der Waals surface area contributed by atoms with Crippen LogP contribution in [-0.4, -0.2) is 70.8 Å². The summed E-state index contributed by atoms with van der Waals surface area (Å²) in [5.41, 5.74) is 5.36. The molecule has 0 unspecified atom stereocenters. The molecule has 0 saturated carbocycles. The van der Waals surface area contributed by atoms with Gasteiger partial charge in [0.05, 0.1) is 6.61 Å². The number of rotatable bonds is 22. The molecule has 0 aliphatic heterocycles. The molecule has 0 atom stereocenters. The van der Waals surface area contributed by atoms with Gasteiger partial charge in [-0.1, -0.05) is 73.7 Å². The highest BCUT2D eigenvalue weighted by Gasteiger charge is 2.12. The van der Waals surface area contributed by atoms with Crippen LogP contribution < -0.4 is 15.4 Å². The molecule has 0 aromatic heterocycles. The van der Waals surface area contributed by atoms with Gasteiger partial charge in [-0.25, -0.2) is 0 Å². The van der Waals surface area contributed by atoms with E-state index in [0.29, 0.717) is 0 Å². The third kappa shape index (κ3) is 21.9.